The molecule has 5 heteroatoms. The van der Waals surface area contributed by atoms with Crippen LogP contribution in [0.25, 0.3) is 0 Å². The van der Waals surface area contributed by atoms with Gasteiger partial charge in [-0.1, -0.05) is 13.8 Å². The van der Waals surface area contributed by atoms with Gasteiger partial charge in [0, 0.05) is 44.4 Å². The van der Waals surface area contributed by atoms with Gasteiger partial charge in [0.25, 0.3) is 0 Å². The van der Waals surface area contributed by atoms with Gasteiger partial charge in [0.1, 0.15) is 0 Å². The number of amides is 1. The Balaban J connectivity index is 2.05. The lowest BCUT2D eigenvalue weighted by Crippen LogP contribution is -2.28. The second-order valence-corrected chi connectivity index (χ2v) is 4.76. The standard InChI is InChI=1S/C13H24N4O/c1-11(2)14-8-4-5-13(18)15-9-6-12-7-10-16-17(12)3/h7,10-11,14H,4-6,8-9H2,1-3H3,(H,15,18). The molecule has 5 nitrogen and oxygen atoms in total. The van der Waals surface area contributed by atoms with Crippen molar-refractivity contribution >= 4 is 5.91 Å². The predicted molar refractivity (Wildman–Crippen MR) is 72.3 cm³/mol. The van der Waals surface area contributed by atoms with Crippen molar-refractivity contribution < 1.29 is 4.79 Å². The van der Waals surface area contributed by atoms with Gasteiger partial charge < -0.3 is 10.6 Å². The molecular weight excluding hydrogens is 228 g/mol. The Morgan fingerprint density at radius 3 is 2.83 bits per heavy atom. The topological polar surface area (TPSA) is 59.0 Å². The SMILES string of the molecule is CC(C)NCCCC(=O)NCCc1ccnn1C. The molecule has 0 saturated carbocycles. The molecule has 18 heavy (non-hydrogen) atoms. The molecule has 0 atom stereocenters. The summed E-state index contributed by atoms with van der Waals surface area (Å²) in [7, 11) is 1.91. The van der Waals surface area contributed by atoms with E-state index in [0.29, 0.717) is 19.0 Å². The van der Waals surface area contributed by atoms with Crippen molar-refractivity contribution in [3.8, 4) is 0 Å². The van der Waals surface area contributed by atoms with Gasteiger partial charge >= 0.3 is 0 Å². The summed E-state index contributed by atoms with van der Waals surface area (Å²) in [6.07, 6.45) is 4.07. The van der Waals surface area contributed by atoms with Gasteiger partial charge in [-0.15, -0.1) is 0 Å². The van der Waals surface area contributed by atoms with E-state index in [0.717, 1.165) is 25.1 Å². The van der Waals surface area contributed by atoms with Crippen LogP contribution in [-0.4, -0.2) is 34.8 Å². The maximum atomic E-state index is 11.5. The van der Waals surface area contributed by atoms with E-state index >= 15 is 0 Å². The number of nitrogens with zero attached hydrogens (tertiary/aromatic N) is 2. The molecule has 0 aliphatic heterocycles. The van der Waals surface area contributed by atoms with Crippen LogP contribution in [0.5, 0.6) is 0 Å². The van der Waals surface area contributed by atoms with Gasteiger partial charge in [0.05, 0.1) is 0 Å². The first-order valence-electron chi connectivity index (χ1n) is 6.56. The Morgan fingerprint density at radius 1 is 1.44 bits per heavy atom. The van der Waals surface area contributed by atoms with Crippen LogP contribution < -0.4 is 10.6 Å². The summed E-state index contributed by atoms with van der Waals surface area (Å²) < 4.78 is 1.83. The summed E-state index contributed by atoms with van der Waals surface area (Å²) in [6.45, 7) is 5.78. The average molecular weight is 252 g/mol. The van der Waals surface area contributed by atoms with Crippen molar-refractivity contribution in [1.29, 1.82) is 0 Å². The molecular formula is C13H24N4O. The van der Waals surface area contributed by atoms with Gasteiger partial charge in [-0.3, -0.25) is 9.48 Å². The first-order chi connectivity index (χ1) is 8.59. The van der Waals surface area contributed by atoms with Crippen LogP contribution in [0, 0.1) is 0 Å². The van der Waals surface area contributed by atoms with Crippen molar-refractivity contribution in [2.24, 2.45) is 7.05 Å². The Morgan fingerprint density at radius 2 is 2.22 bits per heavy atom. The van der Waals surface area contributed by atoms with Crippen LogP contribution in [0.1, 0.15) is 32.4 Å². The van der Waals surface area contributed by atoms with E-state index in [2.05, 4.69) is 29.6 Å². The van der Waals surface area contributed by atoms with Gasteiger partial charge in [-0.2, -0.15) is 5.10 Å². The fourth-order valence-electron chi connectivity index (χ4n) is 1.70. The Labute approximate surface area is 109 Å². The Hall–Kier alpha value is -1.36. The minimum absolute atomic E-state index is 0.128. The Bertz CT molecular complexity index is 360. The number of carbonyl (C=O) groups excluding carboxylic acids is 1. The summed E-state index contributed by atoms with van der Waals surface area (Å²) in [6, 6.07) is 2.46. The third-order valence-electron chi connectivity index (χ3n) is 2.76. The van der Waals surface area contributed by atoms with Gasteiger partial charge in [-0.25, -0.2) is 0 Å². The average Bonchev–Trinajstić information content (AvgIpc) is 2.70. The second-order valence-electron chi connectivity index (χ2n) is 4.76. The number of nitrogens with one attached hydrogen (secondary N) is 2. The maximum Gasteiger partial charge on any atom is 0.220 e. The van der Waals surface area contributed by atoms with Crippen LogP contribution in [0.15, 0.2) is 12.3 Å². The number of rotatable bonds is 8. The van der Waals surface area contributed by atoms with Gasteiger partial charge in [0.2, 0.25) is 5.91 Å². The third-order valence-corrected chi connectivity index (χ3v) is 2.76. The first kappa shape index (κ1) is 14.7. The molecule has 102 valence electrons. The van der Waals surface area contributed by atoms with E-state index in [-0.39, 0.29) is 5.91 Å². The smallest absolute Gasteiger partial charge is 0.220 e. The number of carbonyl (C=O) groups is 1. The molecule has 0 saturated heterocycles. The van der Waals surface area contributed by atoms with Crippen LogP contribution in [0.4, 0.5) is 0 Å². The Kier molecular flexibility index (Phi) is 6.43. The highest BCUT2D eigenvalue weighted by molar-refractivity contribution is 5.75. The first-order valence-corrected chi connectivity index (χ1v) is 6.56. The molecule has 1 amide bonds. The van der Waals surface area contributed by atoms with Gasteiger partial charge in [0.15, 0.2) is 0 Å². The third kappa shape index (κ3) is 5.82. The number of aryl methyl sites for hydroxylation is 1. The zero-order valence-electron chi connectivity index (χ0n) is 11.6. The number of hydrogen-bond acceptors (Lipinski definition) is 3. The summed E-state index contributed by atoms with van der Waals surface area (Å²) in [5.41, 5.74) is 1.14. The van der Waals surface area contributed by atoms with Crippen molar-refractivity contribution in [3.63, 3.8) is 0 Å². The largest absolute Gasteiger partial charge is 0.356 e. The lowest BCUT2D eigenvalue weighted by atomic mass is 10.2. The molecule has 0 radical (unpaired) electrons. The van der Waals surface area contributed by atoms with E-state index in [9.17, 15) is 4.79 Å². The summed E-state index contributed by atoms with van der Waals surface area (Å²) in [5.74, 6) is 0.128. The summed E-state index contributed by atoms with van der Waals surface area (Å²) >= 11 is 0. The highest BCUT2D eigenvalue weighted by atomic mass is 16.1. The van der Waals surface area contributed by atoms with Crippen molar-refractivity contribution in [1.82, 2.24) is 20.4 Å². The zero-order valence-corrected chi connectivity index (χ0v) is 11.6. The minimum Gasteiger partial charge on any atom is -0.356 e. The predicted octanol–water partition coefficient (Wildman–Crippen LogP) is 0.857. The molecule has 1 rings (SSSR count). The van der Waals surface area contributed by atoms with Crippen molar-refractivity contribution in [2.75, 3.05) is 13.1 Å². The molecule has 0 fully saturated rings. The molecule has 0 aliphatic rings. The monoisotopic (exact) mass is 252 g/mol. The molecule has 1 aromatic heterocycles. The van der Waals surface area contributed by atoms with E-state index in [1.807, 2.05) is 17.8 Å². The minimum atomic E-state index is 0.128. The fraction of sp³-hybridized carbons (Fsp3) is 0.692. The lowest BCUT2D eigenvalue weighted by Gasteiger charge is -2.08. The van der Waals surface area contributed by atoms with Crippen LogP contribution in [0.3, 0.4) is 0 Å². The maximum absolute atomic E-state index is 11.5. The second kappa shape index (κ2) is 7.87. The highest BCUT2D eigenvalue weighted by Gasteiger charge is 2.02. The van der Waals surface area contributed by atoms with Crippen molar-refractivity contribution in [2.45, 2.75) is 39.2 Å². The molecule has 0 spiro atoms. The van der Waals surface area contributed by atoms with Crippen molar-refractivity contribution in [3.05, 3.63) is 18.0 Å². The lowest BCUT2D eigenvalue weighted by molar-refractivity contribution is -0.121. The van der Waals surface area contributed by atoms with E-state index in [1.165, 1.54) is 0 Å². The molecule has 0 aromatic carbocycles. The quantitative estimate of drug-likeness (QED) is 0.675. The van der Waals surface area contributed by atoms with Crippen LogP contribution in [-0.2, 0) is 18.3 Å². The molecule has 0 bridgehead atoms. The molecule has 0 aliphatic carbocycles. The van der Waals surface area contributed by atoms with Crippen LogP contribution in [0.2, 0.25) is 0 Å². The molecule has 0 unspecified atom stereocenters. The van der Waals surface area contributed by atoms with E-state index < -0.39 is 0 Å². The fourth-order valence-corrected chi connectivity index (χ4v) is 1.70. The molecule has 1 aromatic rings. The highest BCUT2D eigenvalue weighted by Crippen LogP contribution is 1.96. The number of aromatic nitrogens is 2. The van der Waals surface area contributed by atoms with E-state index in [4.69, 9.17) is 0 Å². The number of hydrogen-bond donors (Lipinski definition) is 2. The molecule has 1 heterocycles. The summed E-state index contributed by atoms with van der Waals surface area (Å²) in [5, 5.41) is 10.3. The van der Waals surface area contributed by atoms with E-state index in [1.54, 1.807) is 6.20 Å². The summed E-state index contributed by atoms with van der Waals surface area (Å²) in [4.78, 5) is 11.5. The van der Waals surface area contributed by atoms with Gasteiger partial charge in [-0.05, 0) is 19.0 Å². The van der Waals surface area contributed by atoms with Crippen LogP contribution >= 0.6 is 0 Å². The zero-order chi connectivity index (χ0) is 13.4. The molecule has 2 N–H and O–H groups in total. The normalized spacial score (nSPS) is 10.9.